The Hall–Kier alpha value is -0.340. The van der Waals surface area contributed by atoms with Crippen molar-refractivity contribution in [1.29, 1.82) is 0 Å². The van der Waals surface area contributed by atoms with Gasteiger partial charge < -0.3 is 5.11 Å². The molecule has 20 heavy (non-hydrogen) atoms. The normalized spacial score (nSPS) is 20.9. The summed E-state index contributed by atoms with van der Waals surface area (Å²) in [5.41, 5.74) is 0.427. The first-order chi connectivity index (χ1) is 9.44. The zero-order valence-electron chi connectivity index (χ0n) is 10.7. The number of hydrogen-bond acceptors (Lipinski definition) is 3. The van der Waals surface area contributed by atoms with E-state index in [-0.39, 0.29) is 12.6 Å². The number of nitrogens with zero attached hydrogens (tertiary/aromatic N) is 1. The van der Waals surface area contributed by atoms with Crippen LogP contribution in [0, 0.1) is 0 Å². The fourth-order valence-corrected chi connectivity index (χ4v) is 4.66. The van der Waals surface area contributed by atoms with Crippen LogP contribution in [0.4, 0.5) is 5.69 Å². The van der Waals surface area contributed by atoms with E-state index in [0.717, 1.165) is 12.8 Å². The number of halogens is 2. The Morgan fingerprint density at radius 3 is 2.85 bits per heavy atom. The molecule has 5 nitrogen and oxygen atoms in total. The van der Waals surface area contributed by atoms with E-state index in [9.17, 15) is 13.5 Å². The van der Waals surface area contributed by atoms with Gasteiger partial charge in [0.2, 0.25) is 0 Å². The van der Waals surface area contributed by atoms with Gasteiger partial charge in [-0.2, -0.15) is 12.7 Å². The molecule has 1 saturated heterocycles. The van der Waals surface area contributed by atoms with Crippen LogP contribution in [0.25, 0.3) is 0 Å². The first-order valence-electron chi connectivity index (χ1n) is 6.29. The van der Waals surface area contributed by atoms with Crippen molar-refractivity contribution in [1.82, 2.24) is 4.31 Å². The third kappa shape index (κ3) is 3.65. The number of hydrogen-bond donors (Lipinski definition) is 2. The molecule has 112 valence electrons. The second kappa shape index (κ2) is 6.62. The first-order valence-corrected chi connectivity index (χ1v) is 8.90. The predicted molar refractivity (Wildman–Crippen MR) is 83.1 cm³/mol. The van der Waals surface area contributed by atoms with Crippen LogP contribution in [0.2, 0.25) is 5.02 Å². The maximum absolute atomic E-state index is 12.4. The molecule has 2 rings (SSSR count). The van der Waals surface area contributed by atoms with Crippen molar-refractivity contribution < 1.29 is 13.5 Å². The molecule has 1 aliphatic rings. The summed E-state index contributed by atoms with van der Waals surface area (Å²) in [5.74, 6) is 0. The highest BCUT2D eigenvalue weighted by molar-refractivity contribution is 9.10. The molecule has 1 aliphatic heterocycles. The standard InChI is InChI=1S/C12H16BrClN2O3S/c13-11-7-9(14)4-5-12(11)15-20(18,19)16-6-2-1-3-10(16)8-17/h4-5,7,10,15,17H,1-3,6,8H2. The summed E-state index contributed by atoms with van der Waals surface area (Å²) < 4.78 is 29.3. The Kier molecular flexibility index (Phi) is 5.30. The minimum Gasteiger partial charge on any atom is -0.395 e. The van der Waals surface area contributed by atoms with E-state index in [1.807, 2.05) is 0 Å². The fourth-order valence-electron chi connectivity index (χ4n) is 2.24. The number of aliphatic hydroxyl groups excluding tert-OH is 1. The van der Waals surface area contributed by atoms with Gasteiger partial charge in [-0.25, -0.2) is 0 Å². The Morgan fingerprint density at radius 1 is 1.45 bits per heavy atom. The molecule has 8 heteroatoms. The van der Waals surface area contributed by atoms with Crippen molar-refractivity contribution in [2.24, 2.45) is 0 Å². The molecule has 0 bridgehead atoms. The molecule has 0 aliphatic carbocycles. The number of nitrogens with one attached hydrogen (secondary N) is 1. The van der Waals surface area contributed by atoms with Crippen LogP contribution < -0.4 is 4.72 Å². The van der Waals surface area contributed by atoms with Crippen LogP contribution in [0.15, 0.2) is 22.7 Å². The minimum absolute atomic E-state index is 0.164. The number of benzene rings is 1. The molecule has 0 saturated carbocycles. The lowest BCUT2D eigenvalue weighted by molar-refractivity contribution is 0.156. The summed E-state index contributed by atoms with van der Waals surface area (Å²) >= 11 is 9.11. The highest BCUT2D eigenvalue weighted by Gasteiger charge is 2.32. The van der Waals surface area contributed by atoms with Gasteiger partial charge in [-0.15, -0.1) is 0 Å². The Bertz CT molecular complexity index is 582. The SMILES string of the molecule is O=S(=O)(Nc1ccc(Cl)cc1Br)N1CCCCC1CO. The second-order valence-electron chi connectivity index (χ2n) is 4.67. The molecule has 1 heterocycles. The van der Waals surface area contributed by atoms with Crippen molar-refractivity contribution in [3.63, 3.8) is 0 Å². The summed E-state index contributed by atoms with van der Waals surface area (Å²) in [6, 6.07) is 4.48. The van der Waals surface area contributed by atoms with Gasteiger partial charge in [0.25, 0.3) is 0 Å². The monoisotopic (exact) mass is 382 g/mol. The molecular weight excluding hydrogens is 368 g/mol. The number of aliphatic hydroxyl groups is 1. The molecule has 0 amide bonds. The Labute approximate surface area is 132 Å². The molecule has 0 aromatic heterocycles. The van der Waals surface area contributed by atoms with Crippen molar-refractivity contribution in [2.45, 2.75) is 25.3 Å². The zero-order valence-corrected chi connectivity index (χ0v) is 13.9. The largest absolute Gasteiger partial charge is 0.395 e. The molecule has 1 unspecified atom stereocenters. The van der Waals surface area contributed by atoms with E-state index in [2.05, 4.69) is 20.7 Å². The third-order valence-corrected chi connectivity index (χ3v) is 5.73. The maximum Gasteiger partial charge on any atom is 0.302 e. The van der Waals surface area contributed by atoms with Gasteiger partial charge in [-0.3, -0.25) is 4.72 Å². The molecule has 0 radical (unpaired) electrons. The van der Waals surface area contributed by atoms with E-state index >= 15 is 0 Å². The average molecular weight is 384 g/mol. The van der Waals surface area contributed by atoms with Crippen molar-refractivity contribution in [3.05, 3.63) is 27.7 Å². The zero-order chi connectivity index (χ0) is 14.8. The van der Waals surface area contributed by atoms with Crippen LogP contribution in [-0.4, -0.2) is 37.0 Å². The summed E-state index contributed by atoms with van der Waals surface area (Å²) in [6.45, 7) is 0.258. The van der Waals surface area contributed by atoms with E-state index in [1.54, 1.807) is 18.2 Å². The van der Waals surface area contributed by atoms with Crippen molar-refractivity contribution in [2.75, 3.05) is 17.9 Å². The van der Waals surface area contributed by atoms with Gasteiger partial charge in [0.05, 0.1) is 12.3 Å². The minimum atomic E-state index is -3.68. The van der Waals surface area contributed by atoms with Gasteiger partial charge in [0.1, 0.15) is 0 Å². The van der Waals surface area contributed by atoms with Crippen LogP contribution in [0.3, 0.4) is 0 Å². The van der Waals surface area contributed by atoms with Crippen LogP contribution in [0.5, 0.6) is 0 Å². The molecule has 1 aromatic carbocycles. The van der Waals surface area contributed by atoms with Crippen LogP contribution >= 0.6 is 27.5 Å². The topological polar surface area (TPSA) is 69.6 Å². The smallest absolute Gasteiger partial charge is 0.302 e. The number of rotatable bonds is 4. The van der Waals surface area contributed by atoms with Gasteiger partial charge in [-0.05, 0) is 47.0 Å². The van der Waals surface area contributed by atoms with Gasteiger partial charge in [-0.1, -0.05) is 18.0 Å². The quantitative estimate of drug-likeness (QED) is 0.839. The maximum atomic E-state index is 12.4. The predicted octanol–water partition coefficient (Wildman–Crippen LogP) is 2.61. The van der Waals surface area contributed by atoms with E-state index < -0.39 is 10.2 Å². The van der Waals surface area contributed by atoms with E-state index in [1.165, 1.54) is 4.31 Å². The fraction of sp³-hybridized carbons (Fsp3) is 0.500. The third-order valence-electron chi connectivity index (χ3n) is 3.26. The average Bonchev–Trinajstić information content (AvgIpc) is 2.42. The molecular formula is C12H16BrClN2O3S. The molecule has 1 fully saturated rings. The summed E-state index contributed by atoms with van der Waals surface area (Å²) in [7, 11) is -3.68. The molecule has 0 spiro atoms. The van der Waals surface area contributed by atoms with Crippen molar-refractivity contribution >= 4 is 43.4 Å². The lowest BCUT2D eigenvalue weighted by atomic mass is 10.1. The molecule has 2 N–H and O–H groups in total. The second-order valence-corrected chi connectivity index (χ2v) is 7.59. The lowest BCUT2D eigenvalue weighted by Gasteiger charge is -2.33. The summed E-state index contributed by atoms with van der Waals surface area (Å²) in [5, 5.41) is 9.84. The lowest BCUT2D eigenvalue weighted by Crippen LogP contribution is -2.47. The van der Waals surface area contributed by atoms with Gasteiger partial charge in [0.15, 0.2) is 0 Å². The van der Waals surface area contributed by atoms with E-state index in [0.29, 0.717) is 28.1 Å². The summed E-state index contributed by atoms with van der Waals surface area (Å²) in [4.78, 5) is 0. The first kappa shape index (κ1) is 16.0. The Balaban J connectivity index is 2.21. The number of anilines is 1. The van der Waals surface area contributed by atoms with Crippen molar-refractivity contribution in [3.8, 4) is 0 Å². The highest BCUT2D eigenvalue weighted by atomic mass is 79.9. The van der Waals surface area contributed by atoms with E-state index in [4.69, 9.17) is 11.6 Å². The molecule has 1 atom stereocenters. The highest BCUT2D eigenvalue weighted by Crippen LogP contribution is 2.28. The molecule has 1 aromatic rings. The number of piperidine rings is 1. The summed E-state index contributed by atoms with van der Waals surface area (Å²) in [6.07, 6.45) is 2.42. The van der Waals surface area contributed by atoms with Crippen LogP contribution in [-0.2, 0) is 10.2 Å². The van der Waals surface area contributed by atoms with Gasteiger partial charge in [0, 0.05) is 22.1 Å². The van der Waals surface area contributed by atoms with Crippen LogP contribution in [0.1, 0.15) is 19.3 Å². The Morgan fingerprint density at radius 2 is 2.20 bits per heavy atom. The van der Waals surface area contributed by atoms with Gasteiger partial charge >= 0.3 is 10.2 Å².